The van der Waals surface area contributed by atoms with E-state index in [2.05, 4.69) is 11.0 Å². The molecule has 0 N–H and O–H groups in total. The minimum atomic E-state index is -3.48. The molecular formula is C25H22Cl3N3O2S. The number of anilines is 1. The summed E-state index contributed by atoms with van der Waals surface area (Å²) in [6.07, 6.45) is 0.643. The lowest BCUT2D eigenvalue weighted by Gasteiger charge is -2.32. The van der Waals surface area contributed by atoms with Gasteiger partial charge in [-0.2, -0.15) is 9.57 Å². The fraction of sp³-hybridized carbons (Fsp3) is 0.240. The summed E-state index contributed by atoms with van der Waals surface area (Å²) >= 11 is 19.0. The molecule has 1 aliphatic heterocycles. The largest absolute Gasteiger partial charge is 0.363 e. The SMILES string of the molecule is N#Cc1ccc(N(Cc2cc(Cl)ccc2Cl)[C@H]2CCN(S(=O)(=O)Cc3ccccc3)C2)cc1Cl. The molecule has 0 amide bonds. The second-order valence-electron chi connectivity index (χ2n) is 8.18. The second kappa shape index (κ2) is 10.6. The van der Waals surface area contributed by atoms with Crippen molar-refractivity contribution in [3.8, 4) is 6.07 Å². The molecule has 4 rings (SSSR count). The van der Waals surface area contributed by atoms with Crippen molar-refractivity contribution in [2.75, 3.05) is 18.0 Å². The molecule has 1 aliphatic rings. The van der Waals surface area contributed by atoms with Gasteiger partial charge in [0.05, 0.1) is 16.3 Å². The Balaban J connectivity index is 1.62. The predicted octanol–water partition coefficient (Wildman–Crippen LogP) is 6.13. The third-order valence-electron chi connectivity index (χ3n) is 5.91. The van der Waals surface area contributed by atoms with E-state index in [1.165, 1.54) is 0 Å². The Kier molecular flexibility index (Phi) is 7.71. The maximum Gasteiger partial charge on any atom is 0.218 e. The lowest BCUT2D eigenvalue weighted by atomic mass is 10.1. The number of nitrogens with zero attached hydrogens (tertiary/aromatic N) is 3. The van der Waals surface area contributed by atoms with E-state index in [4.69, 9.17) is 34.8 Å². The smallest absolute Gasteiger partial charge is 0.218 e. The van der Waals surface area contributed by atoms with Crippen LogP contribution in [0.5, 0.6) is 0 Å². The number of benzene rings is 3. The van der Waals surface area contributed by atoms with E-state index in [1.807, 2.05) is 36.4 Å². The number of halogens is 3. The van der Waals surface area contributed by atoms with Crippen LogP contribution in [0.3, 0.4) is 0 Å². The predicted molar refractivity (Wildman–Crippen MR) is 138 cm³/mol. The third kappa shape index (κ3) is 5.68. The fourth-order valence-electron chi connectivity index (χ4n) is 4.15. The summed E-state index contributed by atoms with van der Waals surface area (Å²) in [5.74, 6) is -0.0383. The van der Waals surface area contributed by atoms with E-state index >= 15 is 0 Å². The highest BCUT2D eigenvalue weighted by molar-refractivity contribution is 7.88. The molecule has 0 saturated carbocycles. The molecule has 0 unspecified atom stereocenters. The first kappa shape index (κ1) is 24.8. The van der Waals surface area contributed by atoms with Crippen LogP contribution in [0, 0.1) is 11.3 Å². The van der Waals surface area contributed by atoms with Crippen LogP contribution in [0.25, 0.3) is 0 Å². The topological polar surface area (TPSA) is 64.4 Å². The molecule has 0 aromatic heterocycles. The Labute approximate surface area is 215 Å². The van der Waals surface area contributed by atoms with Crippen LogP contribution in [-0.4, -0.2) is 31.9 Å². The molecule has 9 heteroatoms. The minimum Gasteiger partial charge on any atom is -0.363 e. The first-order valence-corrected chi connectivity index (χ1v) is 13.4. The fourth-order valence-corrected chi connectivity index (χ4v) is 6.31. The van der Waals surface area contributed by atoms with Gasteiger partial charge in [-0.3, -0.25) is 0 Å². The Bertz CT molecular complexity index is 1330. The van der Waals surface area contributed by atoms with Gasteiger partial charge >= 0.3 is 0 Å². The van der Waals surface area contributed by atoms with Crippen LogP contribution in [0.1, 0.15) is 23.1 Å². The Hall–Kier alpha value is -2.27. The molecule has 5 nitrogen and oxygen atoms in total. The van der Waals surface area contributed by atoms with E-state index in [1.54, 1.807) is 34.6 Å². The molecule has 3 aromatic rings. The molecular weight excluding hydrogens is 513 g/mol. The van der Waals surface area contributed by atoms with Gasteiger partial charge in [-0.1, -0.05) is 65.1 Å². The first-order valence-electron chi connectivity index (χ1n) is 10.7. The maximum atomic E-state index is 13.1. The molecule has 0 radical (unpaired) electrons. The van der Waals surface area contributed by atoms with Crippen LogP contribution in [0.15, 0.2) is 66.7 Å². The van der Waals surface area contributed by atoms with Crippen molar-refractivity contribution >= 4 is 50.5 Å². The Morgan fingerprint density at radius 3 is 2.47 bits per heavy atom. The quantitative estimate of drug-likeness (QED) is 0.366. The van der Waals surface area contributed by atoms with Crippen LogP contribution in [0.4, 0.5) is 5.69 Å². The van der Waals surface area contributed by atoms with Gasteiger partial charge in [0.15, 0.2) is 0 Å². The molecule has 0 bridgehead atoms. The van der Waals surface area contributed by atoms with E-state index in [9.17, 15) is 13.7 Å². The molecule has 176 valence electrons. The van der Waals surface area contributed by atoms with Crippen molar-refractivity contribution in [1.29, 1.82) is 5.26 Å². The number of hydrogen-bond donors (Lipinski definition) is 0. The average Bonchev–Trinajstić information content (AvgIpc) is 3.31. The molecule has 0 spiro atoms. The summed E-state index contributed by atoms with van der Waals surface area (Å²) in [6.45, 7) is 1.17. The second-order valence-corrected chi connectivity index (χ2v) is 11.4. The summed E-state index contributed by atoms with van der Waals surface area (Å²) in [7, 11) is -3.48. The molecule has 1 fully saturated rings. The van der Waals surface area contributed by atoms with E-state index in [-0.39, 0.29) is 11.8 Å². The van der Waals surface area contributed by atoms with Crippen LogP contribution < -0.4 is 4.90 Å². The molecule has 1 atom stereocenters. The average molecular weight is 535 g/mol. The highest BCUT2D eigenvalue weighted by Gasteiger charge is 2.35. The summed E-state index contributed by atoms with van der Waals surface area (Å²) in [6, 6.07) is 21.6. The van der Waals surface area contributed by atoms with Gasteiger partial charge in [-0.15, -0.1) is 0 Å². The lowest BCUT2D eigenvalue weighted by Crippen LogP contribution is -2.39. The van der Waals surface area contributed by atoms with Crippen molar-refractivity contribution < 1.29 is 8.42 Å². The highest BCUT2D eigenvalue weighted by Crippen LogP contribution is 2.32. The van der Waals surface area contributed by atoms with E-state index in [0.717, 1.165) is 16.8 Å². The van der Waals surface area contributed by atoms with Crippen molar-refractivity contribution in [3.05, 3.63) is 98.5 Å². The van der Waals surface area contributed by atoms with Crippen molar-refractivity contribution in [2.45, 2.75) is 24.8 Å². The number of hydrogen-bond acceptors (Lipinski definition) is 4. The van der Waals surface area contributed by atoms with Gasteiger partial charge in [0.2, 0.25) is 10.0 Å². The van der Waals surface area contributed by atoms with Crippen molar-refractivity contribution in [2.24, 2.45) is 0 Å². The zero-order valence-electron chi connectivity index (χ0n) is 18.2. The standard InChI is InChI=1S/C25H22Cl3N3O2S/c26-21-7-9-24(27)20(12-21)15-31(22-8-6-19(14-29)25(28)13-22)23-10-11-30(16-23)34(32,33)17-18-4-2-1-3-5-18/h1-9,12-13,23H,10-11,15-17H2/t23-/m0/s1. The van der Waals surface area contributed by atoms with Gasteiger partial charge < -0.3 is 4.90 Å². The van der Waals surface area contributed by atoms with Crippen LogP contribution in [-0.2, 0) is 22.3 Å². The Morgan fingerprint density at radius 1 is 1.00 bits per heavy atom. The number of sulfonamides is 1. The lowest BCUT2D eigenvalue weighted by molar-refractivity contribution is 0.467. The summed E-state index contributed by atoms with van der Waals surface area (Å²) in [5.41, 5.74) is 2.74. The molecule has 3 aromatic carbocycles. The van der Waals surface area contributed by atoms with Gasteiger partial charge in [-0.05, 0) is 53.9 Å². The van der Waals surface area contributed by atoms with E-state index < -0.39 is 10.0 Å². The summed E-state index contributed by atoms with van der Waals surface area (Å²) < 4.78 is 27.8. The first-order chi connectivity index (χ1) is 16.3. The third-order valence-corrected chi connectivity index (χ3v) is 8.64. The van der Waals surface area contributed by atoms with Gasteiger partial charge in [0, 0.05) is 41.4 Å². The minimum absolute atomic E-state index is 0.0383. The van der Waals surface area contributed by atoms with Crippen molar-refractivity contribution in [3.63, 3.8) is 0 Å². The normalized spacial score (nSPS) is 16.4. The monoisotopic (exact) mass is 533 g/mol. The molecule has 1 heterocycles. The highest BCUT2D eigenvalue weighted by atomic mass is 35.5. The van der Waals surface area contributed by atoms with Gasteiger partial charge in [0.25, 0.3) is 0 Å². The zero-order chi connectivity index (χ0) is 24.3. The van der Waals surface area contributed by atoms with Gasteiger partial charge in [-0.25, -0.2) is 8.42 Å². The zero-order valence-corrected chi connectivity index (χ0v) is 21.2. The van der Waals surface area contributed by atoms with E-state index in [0.29, 0.717) is 46.7 Å². The number of nitriles is 1. The summed E-state index contributed by atoms with van der Waals surface area (Å²) in [5, 5.41) is 10.7. The maximum absolute atomic E-state index is 13.1. The van der Waals surface area contributed by atoms with Crippen molar-refractivity contribution in [1.82, 2.24) is 4.31 Å². The van der Waals surface area contributed by atoms with Crippen LogP contribution >= 0.6 is 34.8 Å². The molecule has 34 heavy (non-hydrogen) atoms. The molecule has 1 saturated heterocycles. The molecule has 0 aliphatic carbocycles. The summed E-state index contributed by atoms with van der Waals surface area (Å²) in [4.78, 5) is 2.09. The number of rotatable bonds is 7. The van der Waals surface area contributed by atoms with Gasteiger partial charge in [0.1, 0.15) is 6.07 Å². The Morgan fingerprint density at radius 2 is 1.76 bits per heavy atom. The van der Waals surface area contributed by atoms with Crippen LogP contribution in [0.2, 0.25) is 15.1 Å².